The third-order valence-electron chi connectivity index (χ3n) is 4.27. The van der Waals surface area contributed by atoms with E-state index >= 15 is 0 Å². The predicted octanol–water partition coefficient (Wildman–Crippen LogP) is 4.15. The number of aryl methyl sites for hydroxylation is 1. The van der Waals surface area contributed by atoms with Crippen molar-refractivity contribution in [3.05, 3.63) is 74.0 Å². The number of rotatable bonds is 6. The maximum Gasteiger partial charge on any atom is 0.269 e. The largest absolute Gasteiger partial charge is 0.494 e. The number of carbonyl (C=O) groups excluding carboxylic acids is 1. The highest BCUT2D eigenvalue weighted by atomic mass is 35.5. The van der Waals surface area contributed by atoms with Gasteiger partial charge in [0.1, 0.15) is 11.4 Å². The van der Waals surface area contributed by atoms with E-state index in [0.29, 0.717) is 11.4 Å². The molecule has 3 rings (SSSR count). The number of benzene rings is 2. The first-order chi connectivity index (χ1) is 13.9. The van der Waals surface area contributed by atoms with Crippen molar-refractivity contribution in [3.8, 4) is 5.75 Å². The molecule has 0 aliphatic rings. The summed E-state index contributed by atoms with van der Waals surface area (Å²) >= 11 is 1.44. The molecule has 0 saturated carbocycles. The van der Waals surface area contributed by atoms with Crippen molar-refractivity contribution in [2.75, 3.05) is 12.4 Å². The molecule has 0 bridgehead atoms. The van der Waals surface area contributed by atoms with Crippen molar-refractivity contribution >= 4 is 46.7 Å². The Morgan fingerprint density at radius 1 is 1.27 bits per heavy atom. The van der Waals surface area contributed by atoms with E-state index in [9.17, 15) is 14.9 Å². The zero-order valence-corrected chi connectivity index (χ0v) is 18.3. The Morgan fingerprint density at radius 2 is 1.97 bits per heavy atom. The van der Waals surface area contributed by atoms with Gasteiger partial charge < -0.3 is 14.6 Å². The lowest BCUT2D eigenvalue weighted by molar-refractivity contribution is -0.384. The van der Waals surface area contributed by atoms with Crippen molar-refractivity contribution in [3.63, 3.8) is 0 Å². The normalized spacial score (nSPS) is 11.0. The second kappa shape index (κ2) is 10.0. The standard InChI is InChI=1S/C20H20N4O4S.ClH/c1-13-4-9-18(28-3)17(10-13)22-20-23(2)16(12-29-20)11-19(25)21-14-5-7-15(8-6-14)24(26)27;/h4-10,12H,11H2,1-3H3,(H,21,25);1H. The lowest BCUT2D eigenvalue weighted by Gasteiger charge is -2.06. The number of amides is 1. The number of carbonyl (C=O) groups is 1. The van der Waals surface area contributed by atoms with E-state index in [-0.39, 0.29) is 30.4 Å². The van der Waals surface area contributed by atoms with Gasteiger partial charge in [0.15, 0.2) is 4.80 Å². The summed E-state index contributed by atoms with van der Waals surface area (Å²) in [4.78, 5) is 28.0. The Kier molecular flexibility index (Phi) is 7.73. The van der Waals surface area contributed by atoms with E-state index in [2.05, 4.69) is 10.3 Å². The second-order valence-electron chi connectivity index (χ2n) is 6.38. The zero-order chi connectivity index (χ0) is 21.0. The molecule has 0 saturated heterocycles. The average Bonchev–Trinajstić information content (AvgIpc) is 3.02. The summed E-state index contributed by atoms with van der Waals surface area (Å²) in [6, 6.07) is 11.5. The molecule has 1 amide bonds. The first-order valence-corrected chi connectivity index (χ1v) is 9.62. The number of hydrogen-bond donors (Lipinski definition) is 1. The van der Waals surface area contributed by atoms with Crippen molar-refractivity contribution < 1.29 is 14.5 Å². The van der Waals surface area contributed by atoms with Crippen molar-refractivity contribution in [2.45, 2.75) is 13.3 Å². The van der Waals surface area contributed by atoms with Crippen LogP contribution in [0.15, 0.2) is 52.8 Å². The second-order valence-corrected chi connectivity index (χ2v) is 7.22. The van der Waals surface area contributed by atoms with Gasteiger partial charge in [-0.3, -0.25) is 14.9 Å². The van der Waals surface area contributed by atoms with E-state index < -0.39 is 4.92 Å². The molecule has 0 unspecified atom stereocenters. The maximum absolute atomic E-state index is 12.4. The summed E-state index contributed by atoms with van der Waals surface area (Å²) in [6.45, 7) is 1.99. The number of hydrogen-bond acceptors (Lipinski definition) is 6. The molecule has 0 aliphatic carbocycles. The van der Waals surface area contributed by atoms with Crippen LogP contribution in [0.5, 0.6) is 5.75 Å². The van der Waals surface area contributed by atoms with Gasteiger partial charge in [0.25, 0.3) is 5.69 Å². The Labute approximate surface area is 183 Å². The molecular formula is C20H21ClN4O4S. The molecule has 0 spiro atoms. The van der Waals surface area contributed by atoms with Crippen molar-refractivity contribution in [2.24, 2.45) is 12.0 Å². The Balaban J connectivity index is 0.00000320. The van der Waals surface area contributed by atoms with Gasteiger partial charge in [-0.15, -0.1) is 23.7 Å². The number of nitrogens with zero attached hydrogens (tertiary/aromatic N) is 3. The summed E-state index contributed by atoms with van der Waals surface area (Å²) in [5.74, 6) is 0.466. The van der Waals surface area contributed by atoms with Crippen molar-refractivity contribution in [1.29, 1.82) is 0 Å². The molecule has 0 atom stereocenters. The van der Waals surface area contributed by atoms with Crippen LogP contribution < -0.4 is 14.9 Å². The Morgan fingerprint density at radius 3 is 2.60 bits per heavy atom. The molecule has 1 aromatic heterocycles. The van der Waals surface area contributed by atoms with Crippen LogP contribution in [-0.2, 0) is 18.3 Å². The highest BCUT2D eigenvalue weighted by molar-refractivity contribution is 7.07. The van der Waals surface area contributed by atoms with Crippen LogP contribution in [0.2, 0.25) is 0 Å². The molecule has 0 fully saturated rings. The SMILES string of the molecule is COc1ccc(C)cc1N=c1scc(CC(=O)Nc2ccc([N+](=O)[O-])cc2)n1C.Cl. The number of aromatic nitrogens is 1. The minimum absolute atomic E-state index is 0. The van der Waals surface area contributed by atoms with Crippen LogP contribution in [-0.4, -0.2) is 22.5 Å². The van der Waals surface area contributed by atoms with Gasteiger partial charge >= 0.3 is 0 Å². The number of anilines is 1. The minimum Gasteiger partial charge on any atom is -0.494 e. The third kappa shape index (κ3) is 5.46. The third-order valence-corrected chi connectivity index (χ3v) is 5.24. The summed E-state index contributed by atoms with van der Waals surface area (Å²) < 4.78 is 7.23. The van der Waals surface area contributed by atoms with Gasteiger partial charge in [0.05, 0.1) is 18.5 Å². The fourth-order valence-electron chi connectivity index (χ4n) is 2.69. The molecule has 0 radical (unpaired) electrons. The van der Waals surface area contributed by atoms with E-state index in [1.165, 1.54) is 35.6 Å². The van der Waals surface area contributed by atoms with Crippen LogP contribution in [0.1, 0.15) is 11.3 Å². The lowest BCUT2D eigenvalue weighted by atomic mass is 10.2. The fraction of sp³-hybridized carbons (Fsp3) is 0.200. The first kappa shape index (κ1) is 23.1. The van der Waals surface area contributed by atoms with E-state index in [4.69, 9.17) is 4.74 Å². The van der Waals surface area contributed by atoms with Gasteiger partial charge in [-0.05, 0) is 36.8 Å². The molecule has 2 aromatic carbocycles. The van der Waals surface area contributed by atoms with Crippen LogP contribution in [0.25, 0.3) is 0 Å². The highest BCUT2D eigenvalue weighted by Gasteiger charge is 2.11. The number of nitro benzene ring substituents is 1. The van der Waals surface area contributed by atoms with Gasteiger partial charge in [-0.25, -0.2) is 4.99 Å². The maximum atomic E-state index is 12.4. The number of ether oxygens (including phenoxy) is 1. The quantitative estimate of drug-likeness (QED) is 0.452. The summed E-state index contributed by atoms with van der Waals surface area (Å²) in [5.41, 5.74) is 3.09. The van der Waals surface area contributed by atoms with Gasteiger partial charge in [0, 0.05) is 35.9 Å². The fourth-order valence-corrected chi connectivity index (χ4v) is 3.60. The topological polar surface area (TPSA) is 98.8 Å². The number of nitrogens with one attached hydrogen (secondary N) is 1. The van der Waals surface area contributed by atoms with E-state index in [0.717, 1.165) is 21.7 Å². The number of halogens is 1. The average molecular weight is 449 g/mol. The highest BCUT2D eigenvalue weighted by Crippen LogP contribution is 2.27. The monoisotopic (exact) mass is 448 g/mol. The smallest absolute Gasteiger partial charge is 0.269 e. The summed E-state index contributed by atoms with van der Waals surface area (Å²) in [6.07, 6.45) is 0.157. The molecule has 158 valence electrons. The number of non-ortho nitro benzene ring substituents is 1. The first-order valence-electron chi connectivity index (χ1n) is 8.74. The zero-order valence-electron chi connectivity index (χ0n) is 16.6. The molecule has 1 heterocycles. The summed E-state index contributed by atoms with van der Waals surface area (Å²) in [5, 5.41) is 15.3. The number of methoxy groups -OCH3 is 1. The predicted molar refractivity (Wildman–Crippen MR) is 119 cm³/mol. The van der Waals surface area contributed by atoms with Crippen molar-refractivity contribution in [1.82, 2.24) is 4.57 Å². The Bertz CT molecular complexity index is 1120. The lowest BCUT2D eigenvalue weighted by Crippen LogP contribution is -2.19. The van der Waals surface area contributed by atoms with Crippen LogP contribution in [0, 0.1) is 17.0 Å². The number of nitro groups is 1. The molecule has 8 nitrogen and oxygen atoms in total. The van der Waals surface area contributed by atoms with Crippen LogP contribution in [0.4, 0.5) is 17.1 Å². The van der Waals surface area contributed by atoms with E-state index in [1.807, 2.05) is 42.1 Å². The van der Waals surface area contributed by atoms with Gasteiger partial charge in [0.2, 0.25) is 5.91 Å². The minimum atomic E-state index is -0.481. The molecule has 0 aliphatic heterocycles. The van der Waals surface area contributed by atoms with Crippen LogP contribution >= 0.6 is 23.7 Å². The molecular weight excluding hydrogens is 428 g/mol. The molecule has 1 N–H and O–H groups in total. The number of thiazole rings is 1. The molecule has 3 aromatic rings. The Hall–Kier alpha value is -3.17. The molecule has 10 heteroatoms. The van der Waals surface area contributed by atoms with Crippen LogP contribution in [0.3, 0.4) is 0 Å². The molecule has 30 heavy (non-hydrogen) atoms. The van der Waals surface area contributed by atoms with Gasteiger partial charge in [-0.2, -0.15) is 0 Å². The van der Waals surface area contributed by atoms with Gasteiger partial charge in [-0.1, -0.05) is 6.07 Å². The summed E-state index contributed by atoms with van der Waals surface area (Å²) in [7, 11) is 3.46. The van der Waals surface area contributed by atoms with E-state index in [1.54, 1.807) is 7.11 Å².